The summed E-state index contributed by atoms with van der Waals surface area (Å²) in [6.45, 7) is 2.05. The number of sulfonamides is 1. The summed E-state index contributed by atoms with van der Waals surface area (Å²) in [5, 5.41) is 2.84. The Balaban J connectivity index is 1.65. The lowest BCUT2D eigenvalue weighted by atomic mass is 10.1. The first-order chi connectivity index (χ1) is 13.9. The molecule has 0 unspecified atom stereocenters. The maximum atomic E-state index is 12.5. The number of hydrogen-bond donors (Lipinski definition) is 2. The van der Waals surface area contributed by atoms with Crippen LogP contribution in [0.2, 0.25) is 0 Å². The fourth-order valence-electron chi connectivity index (χ4n) is 2.80. The largest absolute Gasteiger partial charge is 0.495 e. The lowest BCUT2D eigenvalue weighted by Gasteiger charge is -2.11. The van der Waals surface area contributed by atoms with E-state index in [1.54, 1.807) is 42.5 Å². The second kappa shape index (κ2) is 8.89. The van der Waals surface area contributed by atoms with Crippen LogP contribution < -0.4 is 14.8 Å². The Morgan fingerprint density at radius 1 is 0.966 bits per heavy atom. The third kappa shape index (κ3) is 5.22. The zero-order valence-electron chi connectivity index (χ0n) is 16.2. The average molecular weight is 410 g/mol. The van der Waals surface area contributed by atoms with Crippen LogP contribution in [0.1, 0.15) is 21.5 Å². The molecule has 7 heteroatoms. The van der Waals surface area contributed by atoms with Crippen molar-refractivity contribution in [2.24, 2.45) is 0 Å². The van der Waals surface area contributed by atoms with Gasteiger partial charge < -0.3 is 10.1 Å². The average Bonchev–Trinajstić information content (AvgIpc) is 2.72. The van der Waals surface area contributed by atoms with Crippen molar-refractivity contribution in [2.75, 3.05) is 12.4 Å². The Morgan fingerprint density at radius 2 is 1.69 bits per heavy atom. The Morgan fingerprint density at radius 3 is 2.38 bits per heavy atom. The number of aryl methyl sites for hydroxylation is 1. The number of anilines is 1. The van der Waals surface area contributed by atoms with E-state index in [0.29, 0.717) is 5.56 Å². The Hall–Kier alpha value is -3.16. The van der Waals surface area contributed by atoms with Crippen LogP contribution in [0, 0.1) is 6.92 Å². The van der Waals surface area contributed by atoms with Crippen molar-refractivity contribution < 1.29 is 17.9 Å². The van der Waals surface area contributed by atoms with Gasteiger partial charge in [-0.15, -0.1) is 0 Å². The molecule has 0 fully saturated rings. The van der Waals surface area contributed by atoms with Gasteiger partial charge in [0.2, 0.25) is 10.0 Å². The fraction of sp³-hybridized carbons (Fsp3) is 0.136. The summed E-state index contributed by atoms with van der Waals surface area (Å²) < 4.78 is 32.7. The fourth-order valence-corrected chi connectivity index (χ4v) is 3.98. The number of rotatable bonds is 7. The van der Waals surface area contributed by atoms with E-state index >= 15 is 0 Å². The highest BCUT2D eigenvalue weighted by Crippen LogP contribution is 2.22. The second-order valence-electron chi connectivity index (χ2n) is 6.50. The lowest BCUT2D eigenvalue weighted by Crippen LogP contribution is -2.23. The number of methoxy groups -OCH3 is 1. The number of hydrogen-bond acceptors (Lipinski definition) is 4. The van der Waals surface area contributed by atoms with Crippen LogP contribution in [-0.4, -0.2) is 21.4 Å². The summed E-state index contributed by atoms with van der Waals surface area (Å²) in [6, 6.07) is 20.7. The van der Waals surface area contributed by atoms with Gasteiger partial charge >= 0.3 is 0 Å². The molecule has 0 saturated carbocycles. The van der Waals surface area contributed by atoms with Crippen LogP contribution >= 0.6 is 0 Å². The van der Waals surface area contributed by atoms with Crippen molar-refractivity contribution in [2.45, 2.75) is 18.4 Å². The Kier molecular flexibility index (Phi) is 6.31. The molecular formula is C22H22N2O4S. The predicted molar refractivity (Wildman–Crippen MR) is 113 cm³/mol. The first-order valence-electron chi connectivity index (χ1n) is 8.99. The molecule has 3 aromatic rings. The van der Waals surface area contributed by atoms with E-state index in [-0.39, 0.29) is 23.1 Å². The van der Waals surface area contributed by atoms with Gasteiger partial charge in [0.1, 0.15) is 10.6 Å². The molecular weight excluding hydrogens is 388 g/mol. The quantitative estimate of drug-likeness (QED) is 0.622. The highest BCUT2D eigenvalue weighted by Gasteiger charge is 2.18. The van der Waals surface area contributed by atoms with Crippen LogP contribution in [0.5, 0.6) is 5.75 Å². The minimum Gasteiger partial charge on any atom is -0.495 e. The molecule has 3 aromatic carbocycles. The van der Waals surface area contributed by atoms with Crippen molar-refractivity contribution in [1.29, 1.82) is 0 Å². The van der Waals surface area contributed by atoms with Crippen LogP contribution in [0.4, 0.5) is 5.69 Å². The third-order valence-corrected chi connectivity index (χ3v) is 5.76. The molecule has 0 aliphatic rings. The lowest BCUT2D eigenvalue weighted by molar-refractivity contribution is 0.102. The number of benzene rings is 3. The summed E-state index contributed by atoms with van der Waals surface area (Å²) in [7, 11) is -2.30. The second-order valence-corrected chi connectivity index (χ2v) is 8.23. The maximum absolute atomic E-state index is 12.5. The molecule has 3 rings (SSSR count). The van der Waals surface area contributed by atoms with E-state index in [4.69, 9.17) is 4.74 Å². The summed E-state index contributed by atoms with van der Waals surface area (Å²) in [4.78, 5) is 12.5. The normalized spacial score (nSPS) is 11.1. The van der Waals surface area contributed by atoms with Crippen LogP contribution in [-0.2, 0) is 16.6 Å². The highest BCUT2D eigenvalue weighted by molar-refractivity contribution is 7.89. The van der Waals surface area contributed by atoms with Gasteiger partial charge in [0.05, 0.1) is 7.11 Å². The Bertz CT molecular complexity index is 1110. The van der Waals surface area contributed by atoms with Gasteiger partial charge in [0.15, 0.2) is 0 Å². The molecule has 0 atom stereocenters. The zero-order chi connectivity index (χ0) is 20.9. The molecule has 0 aromatic heterocycles. The molecule has 0 aliphatic heterocycles. The van der Waals surface area contributed by atoms with Crippen molar-refractivity contribution in [1.82, 2.24) is 4.72 Å². The molecule has 1 amide bonds. The number of carbonyl (C=O) groups excluding carboxylic acids is 1. The number of ether oxygens (including phenoxy) is 1. The molecule has 0 spiro atoms. The minimum atomic E-state index is -3.73. The molecule has 0 aliphatic carbocycles. The SMILES string of the molecule is COc1ccccc1S(=O)(=O)NCc1ccc(C(=O)Nc2cccc(C)c2)cc1. The molecule has 29 heavy (non-hydrogen) atoms. The van der Waals surface area contributed by atoms with Gasteiger partial charge in [0.25, 0.3) is 5.91 Å². The van der Waals surface area contributed by atoms with E-state index in [0.717, 1.165) is 16.8 Å². The minimum absolute atomic E-state index is 0.0802. The van der Waals surface area contributed by atoms with Crippen LogP contribution in [0.15, 0.2) is 77.7 Å². The van der Waals surface area contributed by atoms with Gasteiger partial charge in [-0.1, -0.05) is 36.4 Å². The first kappa shape index (κ1) is 20.6. The highest BCUT2D eigenvalue weighted by atomic mass is 32.2. The van der Waals surface area contributed by atoms with E-state index < -0.39 is 10.0 Å². The molecule has 0 heterocycles. The van der Waals surface area contributed by atoms with Crippen molar-refractivity contribution in [3.8, 4) is 5.75 Å². The molecule has 150 valence electrons. The standard InChI is InChI=1S/C22H22N2O4S/c1-16-6-5-7-19(14-16)24-22(25)18-12-10-17(11-13-18)15-23-29(26,27)21-9-4-3-8-20(21)28-2/h3-14,23H,15H2,1-2H3,(H,24,25). The van der Waals surface area contributed by atoms with Crippen molar-refractivity contribution in [3.63, 3.8) is 0 Å². The topological polar surface area (TPSA) is 84.5 Å². The van der Waals surface area contributed by atoms with E-state index in [9.17, 15) is 13.2 Å². The Labute approximate surface area is 170 Å². The van der Waals surface area contributed by atoms with Gasteiger partial charge in [-0.25, -0.2) is 13.1 Å². The van der Waals surface area contributed by atoms with Gasteiger partial charge in [-0.3, -0.25) is 4.79 Å². The molecule has 6 nitrogen and oxygen atoms in total. The summed E-state index contributed by atoms with van der Waals surface area (Å²) in [6.07, 6.45) is 0. The summed E-state index contributed by atoms with van der Waals surface area (Å²) in [5.41, 5.74) is 3.00. The molecule has 0 radical (unpaired) electrons. The van der Waals surface area contributed by atoms with Gasteiger partial charge in [-0.05, 0) is 54.4 Å². The molecule has 0 bridgehead atoms. The van der Waals surface area contributed by atoms with Crippen LogP contribution in [0.25, 0.3) is 0 Å². The van der Waals surface area contributed by atoms with E-state index in [2.05, 4.69) is 10.0 Å². The smallest absolute Gasteiger partial charge is 0.255 e. The monoisotopic (exact) mass is 410 g/mol. The maximum Gasteiger partial charge on any atom is 0.255 e. The van der Waals surface area contributed by atoms with Crippen molar-refractivity contribution in [3.05, 3.63) is 89.5 Å². The third-order valence-electron chi connectivity index (χ3n) is 4.32. The van der Waals surface area contributed by atoms with Gasteiger partial charge in [-0.2, -0.15) is 0 Å². The molecule has 0 saturated heterocycles. The molecule has 2 N–H and O–H groups in total. The number of nitrogens with one attached hydrogen (secondary N) is 2. The summed E-state index contributed by atoms with van der Waals surface area (Å²) in [5.74, 6) is 0.0555. The predicted octanol–water partition coefficient (Wildman–Crippen LogP) is 3.73. The van der Waals surface area contributed by atoms with E-state index in [1.165, 1.54) is 13.2 Å². The van der Waals surface area contributed by atoms with Gasteiger partial charge in [0, 0.05) is 17.8 Å². The summed E-state index contributed by atoms with van der Waals surface area (Å²) >= 11 is 0. The van der Waals surface area contributed by atoms with Crippen LogP contribution in [0.3, 0.4) is 0 Å². The van der Waals surface area contributed by atoms with Crippen molar-refractivity contribution >= 4 is 21.6 Å². The first-order valence-corrected chi connectivity index (χ1v) is 10.5. The number of carbonyl (C=O) groups is 1. The zero-order valence-corrected chi connectivity index (χ0v) is 17.0. The number of amides is 1. The van der Waals surface area contributed by atoms with E-state index in [1.807, 2.05) is 31.2 Å². The number of para-hydroxylation sites is 1.